The van der Waals surface area contributed by atoms with Gasteiger partial charge in [0.15, 0.2) is 0 Å². The number of methoxy groups -OCH3 is 1. The topological polar surface area (TPSA) is 91.2 Å². The summed E-state index contributed by atoms with van der Waals surface area (Å²) >= 11 is 1.12. The van der Waals surface area contributed by atoms with Crippen LogP contribution in [0, 0.1) is 0 Å². The Morgan fingerprint density at radius 2 is 1.77 bits per heavy atom. The highest BCUT2D eigenvalue weighted by molar-refractivity contribution is 8.00. The smallest absolute Gasteiger partial charge is 0.497 e. The Morgan fingerprint density at radius 1 is 1.13 bits per heavy atom. The molecule has 12 heteroatoms. The lowest BCUT2D eigenvalue weighted by Crippen LogP contribution is -2.30. The van der Waals surface area contributed by atoms with E-state index < -0.39 is 11.6 Å². The molecule has 1 aromatic heterocycles. The highest BCUT2D eigenvalue weighted by Gasteiger charge is 2.31. The van der Waals surface area contributed by atoms with Crippen LogP contribution in [0.5, 0.6) is 11.5 Å². The fraction of sp³-hybridized carbons (Fsp3) is 0.263. The first-order valence-corrected chi connectivity index (χ1v) is 9.85. The second kappa shape index (κ2) is 9.69. The summed E-state index contributed by atoms with van der Waals surface area (Å²) in [6.45, 7) is 2.05. The van der Waals surface area contributed by atoms with E-state index in [2.05, 4.69) is 25.6 Å². The molecule has 0 spiro atoms. The zero-order chi connectivity index (χ0) is 22.4. The number of amides is 1. The maximum Gasteiger partial charge on any atom is 0.573 e. The summed E-state index contributed by atoms with van der Waals surface area (Å²) in [6, 6.07) is 12.4. The molecule has 3 rings (SSSR count). The zero-order valence-electron chi connectivity index (χ0n) is 16.5. The normalized spacial score (nSPS) is 12.3. The second-order valence-corrected chi connectivity index (χ2v) is 7.55. The van der Waals surface area contributed by atoms with E-state index in [9.17, 15) is 18.0 Å². The first kappa shape index (κ1) is 22.4. The van der Waals surface area contributed by atoms with Gasteiger partial charge in [-0.2, -0.15) is 4.68 Å². The van der Waals surface area contributed by atoms with Gasteiger partial charge in [-0.3, -0.25) is 4.79 Å². The molecule has 0 aliphatic carbocycles. The number of alkyl halides is 3. The van der Waals surface area contributed by atoms with Gasteiger partial charge >= 0.3 is 6.36 Å². The number of carbonyl (C=O) groups is 1. The maximum absolute atomic E-state index is 12.4. The quantitative estimate of drug-likeness (QED) is 0.523. The molecule has 0 saturated heterocycles. The first-order chi connectivity index (χ1) is 14.7. The van der Waals surface area contributed by atoms with E-state index in [1.807, 2.05) is 12.1 Å². The minimum Gasteiger partial charge on any atom is -0.497 e. The van der Waals surface area contributed by atoms with E-state index in [0.29, 0.717) is 17.4 Å². The Morgan fingerprint density at radius 3 is 2.39 bits per heavy atom. The second-order valence-electron chi connectivity index (χ2n) is 6.24. The van der Waals surface area contributed by atoms with Crippen LogP contribution in [0.25, 0.3) is 5.69 Å². The van der Waals surface area contributed by atoms with Gasteiger partial charge in [0.25, 0.3) is 0 Å². The molecule has 31 heavy (non-hydrogen) atoms. The maximum atomic E-state index is 12.4. The van der Waals surface area contributed by atoms with Crippen molar-refractivity contribution in [1.29, 1.82) is 0 Å². The molecule has 1 unspecified atom stereocenters. The number of ether oxygens (including phenoxy) is 2. The molecular weight excluding hydrogens is 435 g/mol. The van der Waals surface area contributed by atoms with Crippen molar-refractivity contribution >= 4 is 17.7 Å². The number of tetrazole rings is 1. The van der Waals surface area contributed by atoms with Crippen LogP contribution in [-0.4, -0.2) is 44.8 Å². The van der Waals surface area contributed by atoms with Crippen LogP contribution in [0.4, 0.5) is 13.2 Å². The number of carbonyl (C=O) groups excluding carboxylic acids is 1. The van der Waals surface area contributed by atoms with Gasteiger partial charge < -0.3 is 14.8 Å². The number of benzene rings is 2. The number of hydrogen-bond donors (Lipinski definition) is 1. The largest absolute Gasteiger partial charge is 0.573 e. The van der Waals surface area contributed by atoms with Crippen molar-refractivity contribution in [3.8, 4) is 17.2 Å². The summed E-state index contributed by atoms with van der Waals surface area (Å²) in [6.07, 6.45) is -4.77. The highest BCUT2D eigenvalue weighted by atomic mass is 32.2. The van der Waals surface area contributed by atoms with Gasteiger partial charge in [-0.15, -0.1) is 18.3 Å². The lowest BCUT2D eigenvalue weighted by molar-refractivity contribution is -0.274. The molecule has 1 heterocycles. The van der Waals surface area contributed by atoms with Crippen molar-refractivity contribution in [2.45, 2.75) is 30.2 Å². The fourth-order valence-electron chi connectivity index (χ4n) is 2.49. The Kier molecular flexibility index (Phi) is 7.00. The van der Waals surface area contributed by atoms with Crippen molar-refractivity contribution in [1.82, 2.24) is 25.5 Å². The summed E-state index contributed by atoms with van der Waals surface area (Å²) in [7, 11) is 1.58. The third-order valence-electron chi connectivity index (χ3n) is 4.03. The molecule has 0 radical (unpaired) electrons. The molecule has 2 aromatic carbocycles. The Balaban J connectivity index is 1.60. The number of nitrogens with zero attached hydrogens (tertiary/aromatic N) is 4. The number of hydrogen-bond acceptors (Lipinski definition) is 7. The summed E-state index contributed by atoms with van der Waals surface area (Å²) < 4.78 is 47.2. The lowest BCUT2D eigenvalue weighted by atomic mass is 10.2. The number of nitrogens with one attached hydrogen (secondary N) is 1. The summed E-state index contributed by atoms with van der Waals surface area (Å²) in [5.74, 6) is 0.151. The van der Waals surface area contributed by atoms with Gasteiger partial charge in [0.2, 0.25) is 11.1 Å². The minimum atomic E-state index is -4.77. The zero-order valence-corrected chi connectivity index (χ0v) is 17.3. The summed E-state index contributed by atoms with van der Waals surface area (Å²) in [4.78, 5) is 12.4. The van der Waals surface area contributed by atoms with Gasteiger partial charge in [0, 0.05) is 6.54 Å². The summed E-state index contributed by atoms with van der Waals surface area (Å²) in [5.41, 5.74) is 1.34. The van der Waals surface area contributed by atoms with E-state index in [1.54, 1.807) is 26.2 Å². The summed E-state index contributed by atoms with van der Waals surface area (Å²) in [5, 5.41) is 14.0. The van der Waals surface area contributed by atoms with Crippen LogP contribution in [0.3, 0.4) is 0 Å². The van der Waals surface area contributed by atoms with Crippen LogP contribution in [0.1, 0.15) is 12.5 Å². The van der Waals surface area contributed by atoms with Gasteiger partial charge in [0.1, 0.15) is 11.5 Å². The van der Waals surface area contributed by atoms with Crippen molar-refractivity contribution in [3.05, 3.63) is 54.1 Å². The van der Waals surface area contributed by atoms with E-state index in [1.165, 1.54) is 16.8 Å². The van der Waals surface area contributed by atoms with E-state index in [-0.39, 0.29) is 11.7 Å². The molecule has 1 atom stereocenters. The minimum absolute atomic E-state index is 0.218. The van der Waals surface area contributed by atoms with E-state index in [4.69, 9.17) is 4.74 Å². The van der Waals surface area contributed by atoms with Crippen LogP contribution in [-0.2, 0) is 11.3 Å². The molecule has 1 amide bonds. The average molecular weight is 453 g/mol. The predicted molar refractivity (Wildman–Crippen MR) is 106 cm³/mol. The van der Waals surface area contributed by atoms with Crippen LogP contribution < -0.4 is 14.8 Å². The monoisotopic (exact) mass is 453 g/mol. The molecule has 3 aromatic rings. The predicted octanol–water partition coefficient (Wildman–Crippen LogP) is 3.37. The molecule has 0 bridgehead atoms. The Bertz CT molecular complexity index is 1010. The number of halogens is 3. The molecule has 0 fully saturated rings. The molecule has 8 nitrogen and oxygen atoms in total. The SMILES string of the molecule is COc1ccc(CNC(=O)C(C)Sc2nnnn2-c2ccc(OC(F)(F)F)cc2)cc1. The van der Waals surface area contributed by atoms with Crippen LogP contribution >= 0.6 is 11.8 Å². The standard InChI is InChI=1S/C19H18F3N5O3S/c1-12(17(28)23-11-13-3-7-15(29-2)8-4-13)31-18-24-25-26-27(18)14-5-9-16(10-6-14)30-19(20,21)22/h3-10,12H,11H2,1-2H3,(H,23,28). The average Bonchev–Trinajstić information content (AvgIpc) is 3.19. The number of rotatable bonds is 8. The van der Waals surface area contributed by atoms with Crippen LogP contribution in [0.15, 0.2) is 53.7 Å². The van der Waals surface area contributed by atoms with Crippen molar-refractivity contribution in [3.63, 3.8) is 0 Å². The van der Waals surface area contributed by atoms with Crippen LogP contribution in [0.2, 0.25) is 0 Å². The fourth-order valence-corrected chi connectivity index (χ4v) is 3.32. The Labute approximate surface area is 179 Å². The van der Waals surface area contributed by atoms with Gasteiger partial charge in [0.05, 0.1) is 18.0 Å². The lowest BCUT2D eigenvalue weighted by Gasteiger charge is -2.12. The molecule has 0 aliphatic rings. The van der Waals surface area contributed by atoms with E-state index in [0.717, 1.165) is 35.2 Å². The molecule has 164 valence electrons. The first-order valence-electron chi connectivity index (χ1n) is 8.97. The molecule has 0 saturated carbocycles. The molecule has 0 aliphatic heterocycles. The molecular formula is C19H18F3N5O3S. The third-order valence-corrected chi connectivity index (χ3v) is 5.07. The Hall–Kier alpha value is -3.28. The van der Waals surface area contributed by atoms with Gasteiger partial charge in [-0.1, -0.05) is 23.9 Å². The van der Waals surface area contributed by atoms with Gasteiger partial charge in [-0.05, 0) is 59.3 Å². The highest BCUT2D eigenvalue weighted by Crippen LogP contribution is 2.26. The molecule has 1 N–H and O–H groups in total. The third kappa shape index (κ3) is 6.35. The van der Waals surface area contributed by atoms with Crippen molar-refractivity contribution in [2.75, 3.05) is 7.11 Å². The van der Waals surface area contributed by atoms with E-state index >= 15 is 0 Å². The van der Waals surface area contributed by atoms with Crippen molar-refractivity contribution in [2.24, 2.45) is 0 Å². The number of thioether (sulfide) groups is 1. The number of aromatic nitrogens is 4. The van der Waals surface area contributed by atoms with Crippen molar-refractivity contribution < 1.29 is 27.4 Å². The van der Waals surface area contributed by atoms with Gasteiger partial charge in [-0.25, -0.2) is 0 Å².